The molecule has 2 aliphatic heterocycles. The number of nitrogens with zero attached hydrogens (tertiary/aromatic N) is 2. The molecule has 158 valence electrons. The number of nitrogens with one attached hydrogen (secondary N) is 1. The van der Waals surface area contributed by atoms with Gasteiger partial charge in [0, 0.05) is 23.7 Å². The standard InChI is InChI=1S/C23H21ClN4O3/c24-20-9-19-18-3-2-14(10-25)6-16(18)12-30-21(19)8-15(20)7-17(11-26)23(22(27)29)13-28-4-1-5-31-23/h2-3,6,8-9,17,28H,1,4-5,7,12-13H2,(H2,27,29)/t17-,23?/m0/s1. The first-order chi connectivity index (χ1) is 15.0. The number of hydrogen-bond donors (Lipinski definition) is 2. The molecule has 0 spiro atoms. The first-order valence-electron chi connectivity index (χ1n) is 10.0. The Labute approximate surface area is 185 Å². The van der Waals surface area contributed by atoms with Gasteiger partial charge in [0.2, 0.25) is 0 Å². The van der Waals surface area contributed by atoms with Gasteiger partial charge in [0.1, 0.15) is 12.4 Å². The lowest BCUT2D eigenvalue weighted by atomic mass is 9.82. The number of hydrogen-bond acceptors (Lipinski definition) is 6. The molecule has 2 aliphatic rings. The molecule has 1 saturated heterocycles. The maximum absolute atomic E-state index is 12.4. The third-order valence-corrected chi connectivity index (χ3v) is 6.21. The topological polar surface area (TPSA) is 121 Å². The number of carbonyl (C=O) groups excluding carboxylic acids is 1. The average Bonchev–Trinajstić information content (AvgIpc) is 3.04. The minimum atomic E-state index is -1.42. The highest BCUT2D eigenvalue weighted by atomic mass is 35.5. The number of ether oxygens (including phenoxy) is 2. The van der Waals surface area contributed by atoms with Crippen LogP contribution < -0.4 is 15.8 Å². The summed E-state index contributed by atoms with van der Waals surface area (Å²) in [6, 6.07) is 13.4. The number of amides is 1. The minimum absolute atomic E-state index is 0.175. The second kappa shape index (κ2) is 8.56. The van der Waals surface area contributed by atoms with Crippen molar-refractivity contribution in [1.82, 2.24) is 5.32 Å². The zero-order valence-corrected chi connectivity index (χ0v) is 17.5. The van der Waals surface area contributed by atoms with E-state index in [9.17, 15) is 10.1 Å². The Bertz CT molecular complexity index is 1110. The van der Waals surface area contributed by atoms with Crippen molar-refractivity contribution in [1.29, 1.82) is 10.5 Å². The Hall–Kier alpha value is -3.10. The predicted octanol–water partition coefficient (Wildman–Crippen LogP) is 2.69. The van der Waals surface area contributed by atoms with Crippen molar-refractivity contribution in [3.63, 3.8) is 0 Å². The fourth-order valence-corrected chi connectivity index (χ4v) is 4.39. The summed E-state index contributed by atoms with van der Waals surface area (Å²) < 4.78 is 11.8. The molecule has 1 amide bonds. The van der Waals surface area contributed by atoms with E-state index in [0.717, 1.165) is 23.1 Å². The number of benzene rings is 2. The van der Waals surface area contributed by atoms with Crippen LogP contribution in [0.4, 0.5) is 0 Å². The zero-order chi connectivity index (χ0) is 22.0. The Balaban J connectivity index is 1.69. The molecule has 2 aromatic carbocycles. The minimum Gasteiger partial charge on any atom is -0.488 e. The van der Waals surface area contributed by atoms with Gasteiger partial charge in [-0.3, -0.25) is 4.79 Å². The second-order valence-corrected chi connectivity index (χ2v) is 8.14. The number of nitrogens with two attached hydrogens (primary N) is 1. The van der Waals surface area contributed by atoms with Crippen molar-refractivity contribution < 1.29 is 14.3 Å². The van der Waals surface area contributed by atoms with Crippen LogP contribution in [-0.4, -0.2) is 31.2 Å². The molecule has 8 heteroatoms. The van der Waals surface area contributed by atoms with Gasteiger partial charge in [-0.05, 0) is 60.3 Å². The lowest BCUT2D eigenvalue weighted by molar-refractivity contribution is -0.147. The van der Waals surface area contributed by atoms with E-state index in [-0.39, 0.29) is 13.0 Å². The fourth-order valence-electron chi connectivity index (χ4n) is 4.15. The van der Waals surface area contributed by atoms with Gasteiger partial charge in [0.25, 0.3) is 5.91 Å². The van der Waals surface area contributed by atoms with Crippen LogP contribution in [-0.2, 0) is 22.6 Å². The van der Waals surface area contributed by atoms with Crippen LogP contribution in [0.3, 0.4) is 0 Å². The van der Waals surface area contributed by atoms with Crippen molar-refractivity contribution in [2.24, 2.45) is 11.7 Å². The summed E-state index contributed by atoms with van der Waals surface area (Å²) in [5.74, 6) is -0.845. The molecule has 2 heterocycles. The van der Waals surface area contributed by atoms with E-state index >= 15 is 0 Å². The van der Waals surface area contributed by atoms with Crippen molar-refractivity contribution in [3.8, 4) is 29.0 Å². The smallest absolute Gasteiger partial charge is 0.252 e. The molecule has 4 rings (SSSR count). The van der Waals surface area contributed by atoms with Crippen LogP contribution in [0.1, 0.15) is 23.1 Å². The molecular weight excluding hydrogens is 416 g/mol. The lowest BCUT2D eigenvalue weighted by Crippen LogP contribution is -2.57. The van der Waals surface area contributed by atoms with E-state index < -0.39 is 17.4 Å². The van der Waals surface area contributed by atoms with Gasteiger partial charge in [-0.15, -0.1) is 0 Å². The highest BCUT2D eigenvalue weighted by Crippen LogP contribution is 2.42. The molecule has 2 atom stereocenters. The summed E-state index contributed by atoms with van der Waals surface area (Å²) in [6.07, 6.45) is 0.921. The average molecular weight is 437 g/mol. The summed E-state index contributed by atoms with van der Waals surface area (Å²) in [4.78, 5) is 12.4. The van der Waals surface area contributed by atoms with Crippen LogP contribution in [0.15, 0.2) is 30.3 Å². The van der Waals surface area contributed by atoms with Gasteiger partial charge in [-0.25, -0.2) is 0 Å². The van der Waals surface area contributed by atoms with E-state index in [0.29, 0.717) is 41.7 Å². The van der Waals surface area contributed by atoms with Crippen molar-refractivity contribution in [3.05, 3.63) is 52.0 Å². The van der Waals surface area contributed by atoms with Crippen LogP contribution in [0.2, 0.25) is 5.02 Å². The second-order valence-electron chi connectivity index (χ2n) is 7.73. The number of rotatable bonds is 4. The molecule has 2 aromatic rings. The number of halogens is 1. The van der Waals surface area contributed by atoms with Crippen molar-refractivity contribution >= 4 is 17.5 Å². The molecule has 1 fully saturated rings. The molecular formula is C23H21ClN4O3. The number of nitriles is 2. The highest BCUT2D eigenvalue weighted by Gasteiger charge is 2.47. The Morgan fingerprint density at radius 1 is 1.29 bits per heavy atom. The van der Waals surface area contributed by atoms with Crippen LogP contribution in [0.5, 0.6) is 5.75 Å². The Morgan fingerprint density at radius 2 is 2.13 bits per heavy atom. The monoisotopic (exact) mass is 436 g/mol. The Morgan fingerprint density at radius 3 is 2.87 bits per heavy atom. The van der Waals surface area contributed by atoms with E-state index in [4.69, 9.17) is 32.1 Å². The van der Waals surface area contributed by atoms with Crippen LogP contribution in [0.25, 0.3) is 11.1 Å². The van der Waals surface area contributed by atoms with E-state index in [1.165, 1.54) is 0 Å². The van der Waals surface area contributed by atoms with E-state index in [2.05, 4.69) is 17.5 Å². The Kier molecular flexibility index (Phi) is 5.84. The van der Waals surface area contributed by atoms with Gasteiger partial charge in [0.15, 0.2) is 5.60 Å². The SMILES string of the molecule is N#Cc1ccc2c(c1)COc1cc(C[C@@H](C#N)C3(C(N)=O)CNCCCO3)c(Cl)cc1-2. The van der Waals surface area contributed by atoms with Gasteiger partial charge in [0.05, 0.1) is 23.6 Å². The van der Waals surface area contributed by atoms with Crippen molar-refractivity contribution in [2.75, 3.05) is 19.7 Å². The van der Waals surface area contributed by atoms with E-state index in [1.54, 1.807) is 18.2 Å². The highest BCUT2D eigenvalue weighted by molar-refractivity contribution is 6.31. The van der Waals surface area contributed by atoms with Gasteiger partial charge < -0.3 is 20.5 Å². The third-order valence-electron chi connectivity index (χ3n) is 5.86. The molecule has 0 aromatic heterocycles. The molecule has 7 nitrogen and oxygen atoms in total. The summed E-state index contributed by atoms with van der Waals surface area (Å²) >= 11 is 6.59. The maximum Gasteiger partial charge on any atom is 0.252 e. The van der Waals surface area contributed by atoms with Gasteiger partial charge in [-0.1, -0.05) is 17.7 Å². The summed E-state index contributed by atoms with van der Waals surface area (Å²) in [5.41, 5.74) is 8.20. The molecule has 0 radical (unpaired) electrons. The summed E-state index contributed by atoms with van der Waals surface area (Å²) in [7, 11) is 0. The largest absolute Gasteiger partial charge is 0.488 e. The zero-order valence-electron chi connectivity index (χ0n) is 16.8. The first kappa shape index (κ1) is 21.1. The molecule has 0 bridgehead atoms. The first-order valence-corrected chi connectivity index (χ1v) is 10.4. The van der Waals surface area contributed by atoms with Crippen LogP contribution >= 0.6 is 11.6 Å². The molecule has 0 aliphatic carbocycles. The molecule has 3 N–H and O–H groups in total. The molecule has 31 heavy (non-hydrogen) atoms. The summed E-state index contributed by atoms with van der Waals surface area (Å²) in [5, 5.41) is 22.6. The maximum atomic E-state index is 12.4. The quantitative estimate of drug-likeness (QED) is 0.759. The van der Waals surface area contributed by atoms with Crippen molar-refractivity contribution in [2.45, 2.75) is 25.0 Å². The summed E-state index contributed by atoms with van der Waals surface area (Å²) in [6.45, 7) is 1.54. The molecule has 0 saturated carbocycles. The number of fused-ring (bicyclic) bond motifs is 3. The van der Waals surface area contributed by atoms with E-state index in [1.807, 2.05) is 12.1 Å². The number of primary amides is 1. The normalized spacial score (nSPS) is 20.7. The van der Waals surface area contributed by atoms with Crippen LogP contribution in [0, 0.1) is 28.6 Å². The fraction of sp³-hybridized carbons (Fsp3) is 0.348. The third kappa shape index (κ3) is 3.84. The number of carbonyl (C=O) groups is 1. The van der Waals surface area contributed by atoms with Gasteiger partial charge >= 0.3 is 0 Å². The van der Waals surface area contributed by atoms with Gasteiger partial charge in [-0.2, -0.15) is 10.5 Å². The lowest BCUT2D eigenvalue weighted by Gasteiger charge is -2.33. The molecule has 1 unspecified atom stereocenters. The predicted molar refractivity (Wildman–Crippen MR) is 114 cm³/mol.